The molecule has 1 aliphatic heterocycles. The highest BCUT2D eigenvalue weighted by atomic mass is 16.5. The third kappa shape index (κ3) is 2.83. The summed E-state index contributed by atoms with van der Waals surface area (Å²) in [7, 11) is 4.45. The van der Waals surface area contributed by atoms with Crippen LogP contribution < -0.4 is 5.32 Å². The molecular formula is C18H34N2O2. The molecule has 0 unspecified atom stereocenters. The van der Waals surface area contributed by atoms with Gasteiger partial charge in [0.05, 0.1) is 6.10 Å². The molecular weight excluding hydrogens is 276 g/mol. The van der Waals surface area contributed by atoms with E-state index in [1.807, 2.05) is 0 Å². The van der Waals surface area contributed by atoms with Gasteiger partial charge in [-0.15, -0.1) is 0 Å². The van der Waals surface area contributed by atoms with Crippen LogP contribution in [0.15, 0.2) is 0 Å². The Bertz CT molecular complexity index is 360. The quantitative estimate of drug-likeness (QED) is 0.817. The van der Waals surface area contributed by atoms with E-state index in [1.54, 1.807) is 0 Å². The smallest absolute Gasteiger partial charge is 0.0661 e. The maximum Gasteiger partial charge on any atom is 0.0661 e. The van der Waals surface area contributed by atoms with E-state index < -0.39 is 0 Å². The van der Waals surface area contributed by atoms with Gasteiger partial charge in [-0.1, -0.05) is 12.8 Å². The average molecular weight is 310 g/mol. The number of hydrogen-bond donors (Lipinski definition) is 1. The predicted molar refractivity (Wildman–Crippen MR) is 89.2 cm³/mol. The van der Waals surface area contributed by atoms with Gasteiger partial charge in [-0.2, -0.15) is 0 Å². The first kappa shape index (κ1) is 16.7. The van der Waals surface area contributed by atoms with Crippen molar-refractivity contribution < 1.29 is 9.47 Å². The Morgan fingerprint density at radius 1 is 1.14 bits per heavy atom. The number of ether oxygens (including phenoxy) is 2. The third-order valence-electron chi connectivity index (χ3n) is 6.74. The number of rotatable bonds is 6. The van der Waals surface area contributed by atoms with Gasteiger partial charge in [0.15, 0.2) is 0 Å². The Kier molecular flexibility index (Phi) is 5.13. The summed E-state index contributed by atoms with van der Waals surface area (Å²) in [6.07, 6.45) is 9.46. The summed E-state index contributed by atoms with van der Waals surface area (Å²) in [5, 5.41) is 3.95. The van der Waals surface area contributed by atoms with E-state index in [1.165, 1.54) is 32.1 Å². The standard InChI is InChI=1S/C18H34N2O2/c1-4-22-16-13-15(18(16)7-5-6-8-18)19-14-17(20(2)3)9-11-21-12-10-17/h15-16,19H,4-14H2,1-3H3/t15-,16-/m1/s1. The fourth-order valence-electron chi connectivity index (χ4n) is 5.02. The first-order valence-electron chi connectivity index (χ1n) is 9.23. The molecule has 1 heterocycles. The van der Waals surface area contributed by atoms with Crippen molar-refractivity contribution in [1.82, 2.24) is 10.2 Å². The molecule has 1 saturated heterocycles. The summed E-state index contributed by atoms with van der Waals surface area (Å²) in [6.45, 7) is 5.88. The largest absolute Gasteiger partial charge is 0.381 e. The lowest BCUT2D eigenvalue weighted by atomic mass is 9.60. The Morgan fingerprint density at radius 2 is 1.82 bits per heavy atom. The van der Waals surface area contributed by atoms with Crippen LogP contribution in [0.5, 0.6) is 0 Å². The normalized spacial score (nSPS) is 33.3. The summed E-state index contributed by atoms with van der Waals surface area (Å²) in [4.78, 5) is 2.42. The van der Waals surface area contributed by atoms with Crippen LogP contribution in [0.4, 0.5) is 0 Å². The van der Waals surface area contributed by atoms with E-state index in [4.69, 9.17) is 9.47 Å². The number of nitrogens with zero attached hydrogens (tertiary/aromatic N) is 1. The van der Waals surface area contributed by atoms with Crippen LogP contribution in [0.1, 0.15) is 51.9 Å². The zero-order chi connectivity index (χ0) is 15.6. The van der Waals surface area contributed by atoms with E-state index in [0.717, 1.165) is 39.2 Å². The molecule has 1 N–H and O–H groups in total. The zero-order valence-electron chi connectivity index (χ0n) is 14.7. The fourth-order valence-corrected chi connectivity index (χ4v) is 5.02. The molecule has 2 atom stereocenters. The SMILES string of the molecule is CCO[C@@H]1C[C@@H](NCC2(N(C)C)CCOCC2)C12CCCC2. The molecule has 0 aromatic heterocycles. The van der Waals surface area contributed by atoms with Gasteiger partial charge in [0, 0.05) is 43.4 Å². The first-order chi connectivity index (χ1) is 10.6. The molecule has 0 radical (unpaired) electrons. The summed E-state index contributed by atoms with van der Waals surface area (Å²) >= 11 is 0. The Balaban J connectivity index is 1.61. The molecule has 0 aromatic carbocycles. The first-order valence-corrected chi connectivity index (χ1v) is 9.23. The van der Waals surface area contributed by atoms with Crippen molar-refractivity contribution >= 4 is 0 Å². The minimum Gasteiger partial charge on any atom is -0.381 e. The molecule has 0 aromatic rings. The lowest BCUT2D eigenvalue weighted by molar-refractivity contribution is -0.133. The fraction of sp³-hybridized carbons (Fsp3) is 1.00. The Morgan fingerprint density at radius 3 is 2.41 bits per heavy atom. The average Bonchev–Trinajstić information content (AvgIpc) is 3.03. The zero-order valence-corrected chi connectivity index (χ0v) is 14.7. The van der Waals surface area contributed by atoms with Gasteiger partial charge in [0.25, 0.3) is 0 Å². The van der Waals surface area contributed by atoms with Gasteiger partial charge in [0.1, 0.15) is 0 Å². The van der Waals surface area contributed by atoms with E-state index in [-0.39, 0.29) is 5.54 Å². The monoisotopic (exact) mass is 310 g/mol. The van der Waals surface area contributed by atoms with Crippen LogP contribution in [-0.4, -0.2) is 63.0 Å². The lowest BCUT2D eigenvalue weighted by Gasteiger charge is -2.55. The van der Waals surface area contributed by atoms with Gasteiger partial charge in [-0.25, -0.2) is 0 Å². The van der Waals surface area contributed by atoms with Crippen molar-refractivity contribution in [3.63, 3.8) is 0 Å². The van der Waals surface area contributed by atoms with Crippen LogP contribution in [0.25, 0.3) is 0 Å². The highest BCUT2D eigenvalue weighted by Crippen LogP contribution is 2.54. The summed E-state index contributed by atoms with van der Waals surface area (Å²) in [6, 6.07) is 0.659. The maximum absolute atomic E-state index is 6.04. The molecule has 0 amide bonds. The Hall–Kier alpha value is -0.160. The van der Waals surface area contributed by atoms with Crippen LogP contribution in [0.3, 0.4) is 0 Å². The van der Waals surface area contributed by atoms with Gasteiger partial charge in [-0.3, -0.25) is 0 Å². The summed E-state index contributed by atoms with van der Waals surface area (Å²) < 4.78 is 11.6. The second-order valence-electron chi connectivity index (χ2n) is 7.78. The van der Waals surface area contributed by atoms with Crippen molar-refractivity contribution in [3.8, 4) is 0 Å². The van der Waals surface area contributed by atoms with E-state index >= 15 is 0 Å². The molecule has 22 heavy (non-hydrogen) atoms. The molecule has 4 heteroatoms. The lowest BCUT2D eigenvalue weighted by Crippen LogP contribution is -2.66. The van der Waals surface area contributed by atoms with Crippen molar-refractivity contribution in [2.75, 3.05) is 40.5 Å². The van der Waals surface area contributed by atoms with Crippen LogP contribution in [0.2, 0.25) is 0 Å². The second kappa shape index (κ2) is 6.76. The number of nitrogens with one attached hydrogen (secondary N) is 1. The second-order valence-corrected chi connectivity index (χ2v) is 7.78. The molecule has 4 nitrogen and oxygen atoms in total. The molecule has 3 rings (SSSR count). The maximum atomic E-state index is 6.04. The van der Waals surface area contributed by atoms with Crippen molar-refractivity contribution in [2.45, 2.75) is 69.6 Å². The molecule has 1 spiro atoms. The van der Waals surface area contributed by atoms with Gasteiger partial charge < -0.3 is 19.7 Å². The molecule has 3 aliphatic rings. The molecule has 128 valence electrons. The highest BCUT2D eigenvalue weighted by Gasteiger charge is 2.56. The summed E-state index contributed by atoms with van der Waals surface area (Å²) in [5.41, 5.74) is 0.712. The number of hydrogen-bond acceptors (Lipinski definition) is 4. The van der Waals surface area contributed by atoms with Crippen molar-refractivity contribution in [2.24, 2.45) is 5.41 Å². The van der Waals surface area contributed by atoms with Gasteiger partial charge >= 0.3 is 0 Å². The van der Waals surface area contributed by atoms with E-state index in [0.29, 0.717) is 17.6 Å². The van der Waals surface area contributed by atoms with Gasteiger partial charge in [-0.05, 0) is 53.1 Å². The molecule has 2 saturated carbocycles. The third-order valence-corrected chi connectivity index (χ3v) is 6.74. The van der Waals surface area contributed by atoms with Gasteiger partial charge in [0.2, 0.25) is 0 Å². The van der Waals surface area contributed by atoms with E-state index in [2.05, 4.69) is 31.2 Å². The van der Waals surface area contributed by atoms with Crippen LogP contribution in [-0.2, 0) is 9.47 Å². The molecule has 0 bridgehead atoms. The van der Waals surface area contributed by atoms with Crippen molar-refractivity contribution in [1.29, 1.82) is 0 Å². The van der Waals surface area contributed by atoms with Crippen molar-refractivity contribution in [3.05, 3.63) is 0 Å². The molecule has 2 aliphatic carbocycles. The topological polar surface area (TPSA) is 33.7 Å². The predicted octanol–water partition coefficient (Wildman–Crippen LogP) is 2.42. The van der Waals surface area contributed by atoms with E-state index in [9.17, 15) is 0 Å². The highest BCUT2D eigenvalue weighted by molar-refractivity contribution is 5.11. The minimum absolute atomic E-state index is 0.273. The van der Waals surface area contributed by atoms with Crippen LogP contribution >= 0.6 is 0 Å². The molecule has 3 fully saturated rings. The minimum atomic E-state index is 0.273. The number of likely N-dealkylation sites (N-methyl/N-ethyl adjacent to an activating group) is 1. The Labute approximate surface area is 135 Å². The summed E-state index contributed by atoms with van der Waals surface area (Å²) in [5.74, 6) is 0. The van der Waals surface area contributed by atoms with Crippen LogP contribution in [0, 0.1) is 5.41 Å².